The van der Waals surface area contributed by atoms with Crippen molar-refractivity contribution < 1.29 is 31.0 Å². The maximum atomic E-state index is 12.7. The molecule has 2 N–H and O–H groups in total. The summed E-state index contributed by atoms with van der Waals surface area (Å²) in [6.45, 7) is 3.15. The molecule has 0 aromatic heterocycles. The summed E-state index contributed by atoms with van der Waals surface area (Å²) in [6, 6.07) is 7.67. The molecule has 0 bridgehead atoms. The maximum Gasteiger partial charge on any atom is 0.294 e. The highest BCUT2D eigenvalue weighted by molar-refractivity contribution is 7.94. The monoisotopic (exact) mass is 390 g/mol. The highest BCUT2D eigenvalue weighted by Crippen LogP contribution is 2.30. The van der Waals surface area contributed by atoms with Gasteiger partial charge < -0.3 is 0 Å². The third kappa shape index (κ3) is 3.79. The van der Waals surface area contributed by atoms with Gasteiger partial charge in [-0.05, 0) is 49.2 Å². The van der Waals surface area contributed by atoms with Crippen LogP contribution in [0.5, 0.6) is 0 Å². The summed E-state index contributed by atoms with van der Waals surface area (Å²) in [5, 5.41) is 8.53. The van der Waals surface area contributed by atoms with Gasteiger partial charge in [-0.3, -0.25) is 4.55 Å². The van der Waals surface area contributed by atoms with Crippen molar-refractivity contribution in [1.82, 2.24) is 0 Å². The van der Waals surface area contributed by atoms with E-state index in [1.807, 2.05) is 0 Å². The molecule has 2 aromatic rings. The van der Waals surface area contributed by atoms with Crippen molar-refractivity contribution in [3.63, 3.8) is 0 Å². The Kier molecular flexibility index (Phi) is 5.37. The van der Waals surface area contributed by atoms with Gasteiger partial charge in [-0.15, -0.1) is 0 Å². The molecule has 0 aliphatic carbocycles. The summed E-state index contributed by atoms with van der Waals surface area (Å²) in [7, 11) is -8.57. The van der Waals surface area contributed by atoms with Gasteiger partial charge in [0, 0.05) is 4.90 Å². The van der Waals surface area contributed by atoms with Crippen LogP contribution in [-0.2, 0) is 24.3 Å². The van der Waals surface area contributed by atoms with Crippen LogP contribution >= 0.6 is 12.0 Å². The first-order valence-electron chi connectivity index (χ1n) is 6.49. The summed E-state index contributed by atoms with van der Waals surface area (Å²) in [5.41, 5.74) is 0.917. The number of rotatable bonds is 5. The maximum absolute atomic E-state index is 12.7. The van der Waals surface area contributed by atoms with Crippen molar-refractivity contribution in [2.75, 3.05) is 0 Å². The lowest BCUT2D eigenvalue weighted by Crippen LogP contribution is -2.07. The van der Waals surface area contributed by atoms with Crippen LogP contribution in [0.4, 0.5) is 0 Å². The Labute approximate surface area is 144 Å². The van der Waals surface area contributed by atoms with Crippen molar-refractivity contribution in [2.45, 2.75) is 33.4 Å². The van der Waals surface area contributed by atoms with Crippen LogP contribution in [0.2, 0.25) is 0 Å². The van der Waals surface area contributed by atoms with Gasteiger partial charge in [0.15, 0.2) is 0 Å². The third-order valence-corrected chi connectivity index (χ3v) is 6.78. The van der Waals surface area contributed by atoms with E-state index < -0.39 is 24.9 Å². The van der Waals surface area contributed by atoms with E-state index in [0.29, 0.717) is 22.5 Å². The van der Waals surface area contributed by atoms with Crippen molar-refractivity contribution in [3.8, 4) is 0 Å². The first-order chi connectivity index (χ1) is 11.1. The average Bonchev–Trinajstić information content (AvgIpc) is 2.48. The van der Waals surface area contributed by atoms with E-state index >= 15 is 0 Å². The van der Waals surface area contributed by atoms with Crippen LogP contribution < -0.4 is 0 Å². The molecule has 0 aliphatic heterocycles. The average molecular weight is 390 g/mol. The first kappa shape index (κ1) is 18.9. The Hall–Kier alpha value is -1.43. The Bertz CT molecular complexity index is 979. The Balaban J connectivity index is 2.62. The normalized spacial score (nSPS) is 12.3. The van der Waals surface area contributed by atoms with Crippen LogP contribution in [-0.4, -0.2) is 26.6 Å². The fraction of sp³-hybridized carbons (Fsp3) is 0.143. The molecule has 0 unspecified atom stereocenters. The van der Waals surface area contributed by atoms with Gasteiger partial charge in [-0.25, -0.2) is 13.7 Å². The standard InChI is InChI=1S/C14H14O7S3/c1-9-3-5-11(7-13(9)22-21-15)23(16,17)12-6-4-10(2)14(8-12)24(18,19)20/h3-8,15H,1-2H3,(H,18,19,20). The molecule has 0 heterocycles. The van der Waals surface area contributed by atoms with Crippen molar-refractivity contribution in [3.05, 3.63) is 47.5 Å². The zero-order chi connectivity index (χ0) is 18.1. The van der Waals surface area contributed by atoms with Crippen molar-refractivity contribution in [2.24, 2.45) is 0 Å². The SMILES string of the molecule is Cc1ccc(S(=O)(=O)c2ccc(C)c(S(=O)(=O)O)c2)cc1SOO. The lowest BCUT2D eigenvalue weighted by Gasteiger charge is -2.10. The molecule has 2 rings (SSSR count). The minimum Gasteiger partial charge on any atom is -0.282 e. The van der Waals surface area contributed by atoms with Gasteiger partial charge in [0.1, 0.15) is 0 Å². The molecule has 24 heavy (non-hydrogen) atoms. The Morgan fingerprint density at radius 1 is 0.917 bits per heavy atom. The minimum atomic E-state index is -4.54. The minimum absolute atomic E-state index is 0.0993. The van der Waals surface area contributed by atoms with Gasteiger partial charge in [-0.2, -0.15) is 12.8 Å². The van der Waals surface area contributed by atoms with Crippen LogP contribution in [0, 0.1) is 13.8 Å². The van der Waals surface area contributed by atoms with Crippen LogP contribution in [0.15, 0.2) is 56.0 Å². The van der Waals surface area contributed by atoms with E-state index in [-0.39, 0.29) is 15.4 Å². The van der Waals surface area contributed by atoms with E-state index in [2.05, 4.69) is 4.33 Å². The Morgan fingerprint density at radius 2 is 1.46 bits per heavy atom. The predicted octanol–water partition coefficient (Wildman–Crippen LogP) is 2.88. The molecule has 0 saturated carbocycles. The predicted molar refractivity (Wildman–Crippen MR) is 87.2 cm³/mol. The van der Waals surface area contributed by atoms with Gasteiger partial charge in [0.25, 0.3) is 10.1 Å². The smallest absolute Gasteiger partial charge is 0.282 e. The van der Waals surface area contributed by atoms with E-state index in [4.69, 9.17) is 5.26 Å². The molecule has 0 spiro atoms. The molecule has 0 atom stereocenters. The van der Waals surface area contributed by atoms with Crippen LogP contribution in [0.1, 0.15) is 11.1 Å². The molecule has 0 fully saturated rings. The summed E-state index contributed by atoms with van der Waals surface area (Å²) in [5.74, 6) is 0. The second-order valence-corrected chi connectivity index (χ2v) is 9.09. The molecular formula is C14H14O7S3. The summed E-state index contributed by atoms with van der Waals surface area (Å²) in [6.07, 6.45) is 0. The zero-order valence-corrected chi connectivity index (χ0v) is 15.1. The van der Waals surface area contributed by atoms with E-state index in [0.717, 1.165) is 6.07 Å². The fourth-order valence-electron chi connectivity index (χ4n) is 2.04. The molecule has 7 nitrogen and oxygen atoms in total. The highest BCUT2D eigenvalue weighted by atomic mass is 32.2. The number of aryl methyl sites for hydroxylation is 2. The fourth-order valence-corrected chi connectivity index (χ4v) is 4.71. The molecule has 0 amide bonds. The van der Waals surface area contributed by atoms with Gasteiger partial charge in [-0.1, -0.05) is 12.1 Å². The molecule has 10 heteroatoms. The Morgan fingerprint density at radius 3 is 2.00 bits per heavy atom. The molecule has 0 radical (unpaired) electrons. The lowest BCUT2D eigenvalue weighted by atomic mass is 10.2. The number of hydrogen-bond acceptors (Lipinski definition) is 7. The molecule has 2 aromatic carbocycles. The second-order valence-electron chi connectivity index (χ2n) is 4.99. The lowest BCUT2D eigenvalue weighted by molar-refractivity contribution is -0.116. The summed E-state index contributed by atoms with van der Waals surface area (Å²) in [4.78, 5) is -0.451. The van der Waals surface area contributed by atoms with E-state index in [1.165, 1.54) is 37.3 Å². The summed E-state index contributed by atoms with van der Waals surface area (Å²) >= 11 is 0.592. The van der Waals surface area contributed by atoms with Gasteiger partial charge in [0.05, 0.1) is 26.7 Å². The van der Waals surface area contributed by atoms with E-state index in [9.17, 15) is 21.4 Å². The highest BCUT2D eigenvalue weighted by Gasteiger charge is 2.23. The van der Waals surface area contributed by atoms with Gasteiger partial charge >= 0.3 is 0 Å². The molecule has 130 valence electrons. The number of hydrogen-bond donors (Lipinski definition) is 2. The van der Waals surface area contributed by atoms with Crippen LogP contribution in [0.25, 0.3) is 0 Å². The number of sulfone groups is 1. The van der Waals surface area contributed by atoms with Crippen molar-refractivity contribution in [1.29, 1.82) is 0 Å². The van der Waals surface area contributed by atoms with Crippen LogP contribution in [0.3, 0.4) is 0 Å². The molecular weight excluding hydrogens is 376 g/mol. The summed E-state index contributed by atoms with van der Waals surface area (Å²) < 4.78 is 61.3. The van der Waals surface area contributed by atoms with E-state index in [1.54, 1.807) is 6.92 Å². The quantitative estimate of drug-likeness (QED) is 0.346. The second kappa shape index (κ2) is 6.82. The molecule has 0 saturated heterocycles. The largest absolute Gasteiger partial charge is 0.294 e. The third-order valence-electron chi connectivity index (χ3n) is 3.34. The molecule has 0 aliphatic rings. The first-order valence-corrected chi connectivity index (χ1v) is 10.2. The van der Waals surface area contributed by atoms with Crippen molar-refractivity contribution >= 4 is 32.0 Å². The number of benzene rings is 2. The topological polar surface area (TPSA) is 118 Å². The van der Waals surface area contributed by atoms with Gasteiger partial charge in [0.2, 0.25) is 9.84 Å². The zero-order valence-electron chi connectivity index (χ0n) is 12.6.